The third kappa shape index (κ3) is 26.0. The zero-order chi connectivity index (χ0) is 77.3. The molecule has 564 valence electrons. The lowest BCUT2D eigenvalue weighted by molar-refractivity contribution is -0.180. The Kier molecular flexibility index (Phi) is 26.1. The number of oxime groups is 2. The fourth-order valence-electron chi connectivity index (χ4n) is 8.04. The van der Waals surface area contributed by atoms with Crippen LogP contribution in [-0.2, 0) is 103 Å². The maximum absolute atomic E-state index is 13.8. The van der Waals surface area contributed by atoms with Gasteiger partial charge in [-0.1, -0.05) is 10.3 Å². The van der Waals surface area contributed by atoms with Crippen molar-refractivity contribution in [2.45, 2.75) is 247 Å². The van der Waals surface area contributed by atoms with E-state index >= 15 is 0 Å². The number of aromatic nitrogens is 8. The fraction of sp³-hybridized carbons (Fsp3) is 0.633. The van der Waals surface area contributed by atoms with E-state index in [0.29, 0.717) is 5.82 Å². The number of carbonyl (C=O) groups excluding carboxylic acids is 10. The second-order valence-corrected chi connectivity index (χ2v) is 32.5. The monoisotopic (exact) mass is 1490 g/mol. The van der Waals surface area contributed by atoms with E-state index < -0.39 is 151 Å². The summed E-state index contributed by atoms with van der Waals surface area (Å²) in [6.07, 6.45) is -0.616. The molecular weight excluding hydrogens is 1400 g/mol. The molecule has 4 atom stereocenters. The molecule has 8 amide bonds. The van der Waals surface area contributed by atoms with Crippen molar-refractivity contribution in [2.75, 3.05) is 10.6 Å². The van der Waals surface area contributed by atoms with Crippen LogP contribution < -0.4 is 37.2 Å². The number of hydrogen-bond donors (Lipinski definition) is 8. The van der Waals surface area contributed by atoms with Crippen LogP contribution in [0.4, 0.5) is 29.4 Å². The highest BCUT2D eigenvalue weighted by Crippen LogP contribution is 2.28. The van der Waals surface area contributed by atoms with Crippen molar-refractivity contribution in [2.24, 2.45) is 10.3 Å². The molecule has 6 heterocycles. The minimum atomic E-state index is -5.13. The average molecular weight is 1500 g/mol. The van der Waals surface area contributed by atoms with Crippen LogP contribution in [0.3, 0.4) is 0 Å². The highest BCUT2D eigenvalue weighted by atomic mass is 32.2. The van der Waals surface area contributed by atoms with Gasteiger partial charge in [-0.05, 0) is 152 Å². The van der Waals surface area contributed by atoms with Gasteiger partial charge < -0.3 is 64.7 Å². The van der Waals surface area contributed by atoms with Crippen molar-refractivity contribution in [3.8, 4) is 0 Å². The Hall–Kier alpha value is -9.71. The first-order valence-electron chi connectivity index (χ1n) is 31.3. The summed E-state index contributed by atoms with van der Waals surface area (Å²) in [4.78, 5) is 155. The van der Waals surface area contributed by atoms with Crippen LogP contribution in [0.5, 0.6) is 0 Å². The quantitative estimate of drug-likeness (QED) is 0.0124. The number of rotatable bonds is 23. The van der Waals surface area contributed by atoms with Gasteiger partial charge in [-0.25, -0.2) is 62.4 Å². The number of amides is 8. The standard InChI is InChI=1S/C30H45N9O12S2.C30H45N9O9S/c1-27(2,3)48-23(42)30(10,11)51-37-19(16-14-52-24(34-16)36-26(44)50-29(7,8)9)21(40)35-20-17(39(22(20)41)53(45,46)47)13-38-18(32-15-33-38)12-31-25(43)49-28(4,5)6;1-27(2,3)45-23(42)30(10,11)48-38-20(17-14-49-24(35-17)37-26(44)47-29(7,8)9)22(41)36-19-16(34-21(19)40)13-39-18(32-15-33-39)12-31-25(43)46-28(4,5)6/h14-15,17,20H,12-13H2,1-11H3,(H,31,43)(H,35,40)(H,34,36,44)(H,45,46,47);14-16,19H,12-13H2,1-11H3,(H,31,43)(H,34,40)(H,36,41)(H,35,37,44)/b37-19-;38-20-/t17-,20+;16-,19+/m11/s1. The second kappa shape index (κ2) is 32.1. The van der Waals surface area contributed by atoms with Gasteiger partial charge in [-0.2, -0.15) is 18.6 Å². The highest BCUT2D eigenvalue weighted by Gasteiger charge is 2.55. The van der Waals surface area contributed by atoms with Crippen LogP contribution in [0.25, 0.3) is 0 Å². The van der Waals surface area contributed by atoms with Crippen molar-refractivity contribution in [3.63, 3.8) is 0 Å². The lowest BCUT2D eigenvalue weighted by Crippen LogP contribution is -2.73. The molecule has 4 aromatic rings. The highest BCUT2D eigenvalue weighted by molar-refractivity contribution is 7.84. The minimum absolute atomic E-state index is 0.00231. The van der Waals surface area contributed by atoms with Crippen LogP contribution >= 0.6 is 22.7 Å². The molecular formula is C60H90N18O21S3. The van der Waals surface area contributed by atoms with Gasteiger partial charge in [-0.3, -0.25) is 34.4 Å². The van der Waals surface area contributed by atoms with E-state index in [4.69, 9.17) is 38.1 Å². The number of hydrogen-bond acceptors (Lipinski definition) is 30. The van der Waals surface area contributed by atoms with Crippen molar-refractivity contribution in [3.05, 3.63) is 46.5 Å². The number of anilines is 2. The van der Waals surface area contributed by atoms with E-state index in [2.05, 4.69) is 77.7 Å². The summed E-state index contributed by atoms with van der Waals surface area (Å²) in [5.74, 6) is -4.75. The third-order valence-electron chi connectivity index (χ3n) is 12.4. The Labute approximate surface area is 596 Å². The van der Waals surface area contributed by atoms with E-state index in [9.17, 15) is 60.9 Å². The molecule has 0 radical (unpaired) electrons. The second-order valence-electron chi connectivity index (χ2n) is 29.5. The summed E-state index contributed by atoms with van der Waals surface area (Å²) >= 11 is 1.86. The molecule has 4 aromatic heterocycles. The zero-order valence-corrected chi connectivity index (χ0v) is 63.2. The summed E-state index contributed by atoms with van der Waals surface area (Å²) in [6.45, 7) is 35.2. The fourth-order valence-corrected chi connectivity index (χ4v) is 10.3. The number of esters is 2. The van der Waals surface area contributed by atoms with E-state index in [1.165, 1.54) is 49.5 Å². The first-order chi connectivity index (χ1) is 46.5. The Balaban J connectivity index is 0.000000368. The van der Waals surface area contributed by atoms with Crippen LogP contribution in [0.1, 0.15) is 175 Å². The summed E-state index contributed by atoms with van der Waals surface area (Å²) in [7, 11) is -5.13. The molecule has 0 bridgehead atoms. The van der Waals surface area contributed by atoms with Crippen LogP contribution in [-0.4, -0.2) is 197 Å². The molecule has 0 saturated carbocycles. The predicted octanol–water partition coefficient (Wildman–Crippen LogP) is 4.78. The van der Waals surface area contributed by atoms with E-state index in [1.54, 1.807) is 125 Å². The largest absolute Gasteiger partial charge is 0.457 e. The van der Waals surface area contributed by atoms with Crippen molar-refractivity contribution < 1.29 is 99.0 Å². The van der Waals surface area contributed by atoms with Crippen LogP contribution in [0.2, 0.25) is 0 Å². The maximum atomic E-state index is 13.8. The molecule has 2 fully saturated rings. The molecule has 6 rings (SSSR count). The molecule has 39 nitrogen and oxygen atoms in total. The molecule has 2 aliphatic rings. The molecule has 0 aliphatic carbocycles. The maximum Gasteiger partial charge on any atom is 0.413 e. The third-order valence-corrected chi connectivity index (χ3v) is 14.8. The van der Waals surface area contributed by atoms with Crippen molar-refractivity contribution in [1.29, 1.82) is 0 Å². The van der Waals surface area contributed by atoms with Gasteiger partial charge in [0.05, 0.1) is 38.3 Å². The number of nitrogens with one attached hydrogen (secondary N) is 7. The van der Waals surface area contributed by atoms with Gasteiger partial charge in [0.15, 0.2) is 21.7 Å². The van der Waals surface area contributed by atoms with Crippen LogP contribution in [0, 0.1) is 0 Å². The number of β-lactam (4-membered cyclic amide) rings is 2. The molecule has 0 spiro atoms. The van der Waals surface area contributed by atoms with Gasteiger partial charge in [0.1, 0.15) is 81.4 Å². The van der Waals surface area contributed by atoms with Gasteiger partial charge >= 0.3 is 46.6 Å². The normalized spacial score (nSPS) is 17.0. The molecule has 2 aliphatic heterocycles. The lowest BCUT2D eigenvalue weighted by Gasteiger charge is -2.44. The zero-order valence-electron chi connectivity index (χ0n) is 60.7. The Morgan fingerprint density at radius 2 is 0.882 bits per heavy atom. The summed E-state index contributed by atoms with van der Waals surface area (Å²) in [5, 5.41) is 36.6. The van der Waals surface area contributed by atoms with Crippen molar-refractivity contribution in [1.82, 2.24) is 70.4 Å². The summed E-state index contributed by atoms with van der Waals surface area (Å²) in [6, 6.07) is -4.71. The number of nitrogens with zero attached hydrogens (tertiary/aromatic N) is 11. The molecule has 0 unspecified atom stereocenters. The predicted molar refractivity (Wildman–Crippen MR) is 363 cm³/mol. The molecule has 8 N–H and O–H groups in total. The number of thiazole rings is 2. The number of carbonyl (C=O) groups is 10. The Morgan fingerprint density at radius 3 is 1.24 bits per heavy atom. The average Bonchev–Trinajstić information content (AvgIpc) is 0.962. The van der Waals surface area contributed by atoms with Gasteiger partial charge in [0.2, 0.25) is 17.1 Å². The molecule has 0 aromatic carbocycles. The minimum Gasteiger partial charge on any atom is -0.457 e. The molecule has 42 heteroatoms. The van der Waals surface area contributed by atoms with Gasteiger partial charge in [0.25, 0.3) is 17.7 Å². The number of alkyl carbamates (subject to hydrolysis) is 2. The molecule has 2 saturated heterocycles. The van der Waals surface area contributed by atoms with Gasteiger partial charge in [0, 0.05) is 10.8 Å². The summed E-state index contributed by atoms with van der Waals surface area (Å²) in [5.41, 5.74) is -9.34. The smallest absolute Gasteiger partial charge is 0.413 e. The van der Waals surface area contributed by atoms with E-state index in [-0.39, 0.29) is 57.1 Å². The van der Waals surface area contributed by atoms with Gasteiger partial charge in [-0.15, -0.1) is 22.7 Å². The van der Waals surface area contributed by atoms with Crippen LogP contribution in [0.15, 0.2) is 33.7 Å². The SMILES string of the molecule is CC(C)(C)OC(=O)NCc1ncnn1C[C@@H]1[C@H](NC(=O)/C(=N\OC(C)(C)C(=O)OC(C)(C)C)c2csc(NC(=O)OC(C)(C)C)n2)C(=O)N1S(=O)(=O)O.CC(C)(C)OC(=O)NCc1ncnn1C[C@H]1NC(=O)[C@H]1NC(=O)/C(=N\OC(C)(C)C(=O)OC(C)(C)C)c1csc(NC(=O)OC(C)(C)C)n1. The first kappa shape index (κ1) is 83.0. The Morgan fingerprint density at radius 1 is 0.529 bits per heavy atom. The lowest BCUT2D eigenvalue weighted by atomic mass is 9.98. The Bertz CT molecular complexity index is 3930. The first-order valence-corrected chi connectivity index (χ1v) is 34.4. The van der Waals surface area contributed by atoms with E-state index in [1.807, 2.05) is 0 Å². The van der Waals surface area contributed by atoms with Crippen molar-refractivity contribution >= 4 is 115 Å². The number of ether oxygens (including phenoxy) is 6. The van der Waals surface area contributed by atoms with E-state index in [0.717, 1.165) is 33.7 Å². The molecule has 102 heavy (non-hydrogen) atoms. The topological polar surface area (TPSA) is 498 Å². The summed E-state index contributed by atoms with van der Waals surface area (Å²) < 4.78 is 68.8.